The van der Waals surface area contributed by atoms with Crippen LogP contribution in [-0.4, -0.2) is 64.3 Å². The topological polar surface area (TPSA) is 153 Å². The molecule has 4 heterocycles. The molecule has 0 aromatic carbocycles. The van der Waals surface area contributed by atoms with E-state index in [1.54, 1.807) is 12.3 Å². The summed E-state index contributed by atoms with van der Waals surface area (Å²) in [5.41, 5.74) is 2.60. The fraction of sp³-hybridized carbons (Fsp3) is 0.464. The van der Waals surface area contributed by atoms with Crippen LogP contribution in [0.5, 0.6) is 0 Å². The normalized spacial score (nSPS) is 22.9. The van der Waals surface area contributed by atoms with Crippen LogP contribution >= 0.6 is 0 Å². The van der Waals surface area contributed by atoms with Gasteiger partial charge in [0.1, 0.15) is 11.6 Å². The lowest BCUT2D eigenvalue weighted by Crippen LogP contribution is -2.35. The maximum Gasteiger partial charge on any atom is 0.256 e. The molecule has 4 aromatic rings. The number of nitrogens with zero attached hydrogens (tertiary/aromatic N) is 7. The van der Waals surface area contributed by atoms with E-state index in [9.17, 15) is 13.5 Å². The average molecular weight is 576 g/mol. The van der Waals surface area contributed by atoms with Crippen molar-refractivity contribution in [1.82, 2.24) is 33.9 Å². The van der Waals surface area contributed by atoms with Crippen LogP contribution in [0.3, 0.4) is 0 Å². The van der Waals surface area contributed by atoms with Crippen LogP contribution in [0.1, 0.15) is 64.3 Å². The lowest BCUT2D eigenvalue weighted by molar-refractivity contribution is 0.0196. The quantitative estimate of drug-likeness (QED) is 0.266. The minimum absolute atomic E-state index is 0.226. The fourth-order valence-corrected chi connectivity index (χ4v) is 6.73. The summed E-state index contributed by atoms with van der Waals surface area (Å²) in [6, 6.07) is 6.43. The van der Waals surface area contributed by atoms with Crippen LogP contribution in [0.4, 0.5) is 17.3 Å². The molecule has 12 nitrogen and oxygen atoms in total. The molecule has 0 atom stereocenters. The summed E-state index contributed by atoms with van der Waals surface area (Å²) in [7, 11) is -3.47. The van der Waals surface area contributed by atoms with E-state index in [1.807, 2.05) is 36.1 Å². The molecule has 3 aliphatic rings. The van der Waals surface area contributed by atoms with E-state index in [4.69, 9.17) is 5.10 Å². The van der Waals surface area contributed by atoms with Crippen LogP contribution < -0.4 is 10.6 Å². The van der Waals surface area contributed by atoms with Crippen molar-refractivity contribution in [3.63, 3.8) is 0 Å². The van der Waals surface area contributed by atoms with Gasteiger partial charge in [0.15, 0.2) is 5.82 Å². The molecule has 0 saturated heterocycles. The van der Waals surface area contributed by atoms with E-state index in [-0.39, 0.29) is 11.3 Å². The second kappa shape index (κ2) is 9.91. The van der Waals surface area contributed by atoms with Crippen LogP contribution in [0, 0.1) is 0 Å². The maximum atomic E-state index is 12.5. The average Bonchev–Trinajstić information content (AvgIpc) is 3.89. The van der Waals surface area contributed by atoms with E-state index >= 15 is 0 Å². The number of hydrogen-bond acceptors (Lipinski definition) is 10. The first kappa shape index (κ1) is 26.1. The Bertz CT molecular complexity index is 1680. The minimum Gasteiger partial charge on any atom is -0.390 e. The summed E-state index contributed by atoms with van der Waals surface area (Å²) in [6.07, 6.45) is 15.3. The fourth-order valence-electron chi connectivity index (χ4n) is 5.25. The molecule has 4 aromatic heterocycles. The summed E-state index contributed by atoms with van der Waals surface area (Å²) in [5, 5.41) is 25.9. The summed E-state index contributed by atoms with van der Waals surface area (Å²) in [4.78, 5) is 13.6. The van der Waals surface area contributed by atoms with Gasteiger partial charge in [-0.05, 0) is 70.4 Å². The van der Waals surface area contributed by atoms with Gasteiger partial charge in [-0.25, -0.2) is 23.4 Å². The third-order valence-corrected chi connectivity index (χ3v) is 10.1. The van der Waals surface area contributed by atoms with Gasteiger partial charge < -0.3 is 15.7 Å². The van der Waals surface area contributed by atoms with Crippen molar-refractivity contribution in [3.05, 3.63) is 49.2 Å². The third-order valence-electron chi connectivity index (χ3n) is 8.07. The highest BCUT2D eigenvalue weighted by Gasteiger charge is 2.37. The summed E-state index contributed by atoms with van der Waals surface area (Å²) in [6.45, 7) is 1.90. The highest BCUT2D eigenvalue weighted by molar-refractivity contribution is 7.90. The number of pyridine rings is 1. The molecular formula is C28H33N9O3S. The Kier molecular flexibility index (Phi) is 6.31. The molecule has 214 valence electrons. The molecule has 3 N–H and O–H groups in total. The number of nitrogens with one attached hydrogen (secondary N) is 2. The van der Waals surface area contributed by atoms with Crippen molar-refractivity contribution in [2.24, 2.45) is 0 Å². The molecule has 0 radical (unpaired) electrons. The number of hydrogen-bond donors (Lipinski definition) is 3. The van der Waals surface area contributed by atoms with Crippen molar-refractivity contribution >= 4 is 27.3 Å². The lowest BCUT2D eigenvalue weighted by atomic mass is 9.83. The predicted octanol–water partition coefficient (Wildman–Crippen LogP) is 4.12. The molecule has 7 rings (SSSR count). The van der Waals surface area contributed by atoms with E-state index < -0.39 is 15.6 Å². The summed E-state index contributed by atoms with van der Waals surface area (Å²) >= 11 is 0. The summed E-state index contributed by atoms with van der Waals surface area (Å²) in [5.74, 6) is 1.48. The monoisotopic (exact) mass is 575 g/mol. The smallest absolute Gasteiger partial charge is 0.256 e. The van der Waals surface area contributed by atoms with Gasteiger partial charge in [-0.3, -0.25) is 4.68 Å². The number of rotatable bonds is 9. The third kappa shape index (κ3) is 5.55. The maximum absolute atomic E-state index is 12.5. The molecule has 3 saturated carbocycles. The molecule has 0 bridgehead atoms. The van der Waals surface area contributed by atoms with Crippen molar-refractivity contribution < 1.29 is 13.5 Å². The minimum atomic E-state index is -3.47. The Balaban J connectivity index is 1.14. The number of aromatic nitrogens is 7. The second-order valence-electron chi connectivity index (χ2n) is 11.7. The van der Waals surface area contributed by atoms with E-state index in [1.165, 1.54) is 12.4 Å². The number of aliphatic hydroxyl groups is 1. The zero-order valence-corrected chi connectivity index (χ0v) is 23.6. The van der Waals surface area contributed by atoms with Crippen molar-refractivity contribution in [3.8, 4) is 22.6 Å². The van der Waals surface area contributed by atoms with Gasteiger partial charge in [-0.2, -0.15) is 14.3 Å². The molecule has 3 aliphatic carbocycles. The van der Waals surface area contributed by atoms with E-state index in [0.29, 0.717) is 41.9 Å². The Hall–Kier alpha value is -3.84. The first-order valence-electron chi connectivity index (χ1n) is 14.2. The second-order valence-corrected chi connectivity index (χ2v) is 13.7. The van der Waals surface area contributed by atoms with Gasteiger partial charge in [0, 0.05) is 41.9 Å². The summed E-state index contributed by atoms with van der Waals surface area (Å²) < 4.78 is 28.1. The molecule has 0 unspecified atom stereocenters. The number of anilines is 3. The lowest BCUT2D eigenvalue weighted by Gasteiger charge is -2.34. The molecular weight excluding hydrogens is 542 g/mol. The molecule has 0 amide bonds. The van der Waals surface area contributed by atoms with Crippen LogP contribution in [0.15, 0.2) is 49.2 Å². The molecule has 3 fully saturated rings. The molecule has 0 aliphatic heterocycles. The van der Waals surface area contributed by atoms with Crippen molar-refractivity contribution in [1.29, 1.82) is 0 Å². The zero-order valence-electron chi connectivity index (χ0n) is 22.8. The predicted molar refractivity (Wildman–Crippen MR) is 154 cm³/mol. The van der Waals surface area contributed by atoms with Crippen molar-refractivity contribution in [2.45, 2.75) is 81.2 Å². The first-order chi connectivity index (χ1) is 19.7. The van der Waals surface area contributed by atoms with Gasteiger partial charge >= 0.3 is 0 Å². The first-order valence-corrected chi connectivity index (χ1v) is 15.7. The SMILES string of the molecule is CC1(O)CCC(Nc2cc(Nc3ccnc(-c4cnn(S(=O)(=O)C5CC5)c4)n3)ncc2-c2ccn(C3CC3)n2)CC1. The Morgan fingerprint density at radius 1 is 1.02 bits per heavy atom. The largest absolute Gasteiger partial charge is 0.390 e. The van der Waals surface area contributed by atoms with Gasteiger partial charge in [0.25, 0.3) is 10.0 Å². The standard InChI is InChI=1S/C28H33N9O3S/c1-28(38)10-6-19(7-11-28)32-24-14-26(30-16-22(24)23-9-13-36(35-23)20-2-3-20)33-25-8-12-29-27(34-25)18-15-31-37(17-18)41(39,40)21-4-5-21/h8-9,12-17,19-21,38H,2-7,10-11H2,1H3,(H2,29,30,32,33,34). The van der Waals surface area contributed by atoms with E-state index in [2.05, 4.69) is 30.7 Å². The van der Waals surface area contributed by atoms with E-state index in [0.717, 1.165) is 59.6 Å². The highest BCUT2D eigenvalue weighted by atomic mass is 32.2. The Morgan fingerprint density at radius 3 is 2.59 bits per heavy atom. The zero-order chi connectivity index (χ0) is 28.2. The van der Waals surface area contributed by atoms with Crippen LogP contribution in [0.25, 0.3) is 22.6 Å². The molecule has 0 spiro atoms. The molecule has 13 heteroatoms. The van der Waals surface area contributed by atoms with Gasteiger partial charge in [-0.15, -0.1) is 0 Å². The van der Waals surface area contributed by atoms with Gasteiger partial charge in [-0.1, -0.05) is 0 Å². The Labute approximate surface area is 238 Å². The highest BCUT2D eigenvalue weighted by Crippen LogP contribution is 2.37. The van der Waals surface area contributed by atoms with Gasteiger partial charge in [0.2, 0.25) is 0 Å². The van der Waals surface area contributed by atoms with Crippen LogP contribution in [0.2, 0.25) is 0 Å². The molecule has 41 heavy (non-hydrogen) atoms. The van der Waals surface area contributed by atoms with Crippen molar-refractivity contribution in [2.75, 3.05) is 10.6 Å². The van der Waals surface area contributed by atoms with Gasteiger partial charge in [0.05, 0.1) is 40.5 Å². The Morgan fingerprint density at radius 2 is 1.83 bits per heavy atom. The van der Waals surface area contributed by atoms with Crippen LogP contribution in [-0.2, 0) is 10.0 Å².